The highest BCUT2D eigenvalue weighted by Gasteiger charge is 2.19. The average molecular weight is 404 g/mol. The molecule has 1 aliphatic heterocycles. The van der Waals surface area contributed by atoms with Gasteiger partial charge in [0.2, 0.25) is 5.96 Å². The highest BCUT2D eigenvalue weighted by molar-refractivity contribution is 5.96. The molecular weight excluding hydrogens is 373 g/mol. The first-order valence-corrected chi connectivity index (χ1v) is 9.45. The lowest BCUT2D eigenvalue weighted by Crippen LogP contribution is -2.48. The Kier molecular flexibility index (Phi) is 7.33. The van der Waals surface area contributed by atoms with E-state index >= 15 is 0 Å². The van der Waals surface area contributed by atoms with Gasteiger partial charge in [0.15, 0.2) is 0 Å². The third-order valence-electron chi connectivity index (χ3n) is 4.57. The maximum atomic E-state index is 13.0. The first-order valence-electron chi connectivity index (χ1n) is 9.45. The molecule has 158 valence electrons. The standard InChI is InChI=1S/C20H30FN7O/c1-20(2,3)18(23)12-16(22)13-28(29)14-25-19(24)27-10-8-26(9-11-27)17-6-4-15(21)5-7-17/h4-7,12,14,23-24,29H,8-11,13,22H2,1-3H3/b16-12-,23-18?,24-19?,25-14?. The minimum atomic E-state index is -0.322. The molecule has 0 aliphatic carbocycles. The van der Waals surface area contributed by atoms with Crippen LogP contribution in [0.25, 0.3) is 0 Å². The first-order chi connectivity index (χ1) is 13.6. The van der Waals surface area contributed by atoms with Crippen LogP contribution in [-0.2, 0) is 0 Å². The van der Waals surface area contributed by atoms with Gasteiger partial charge in [0.1, 0.15) is 12.2 Å². The number of nitrogens with zero attached hydrogens (tertiary/aromatic N) is 4. The van der Waals surface area contributed by atoms with Crippen molar-refractivity contribution >= 4 is 23.7 Å². The van der Waals surface area contributed by atoms with E-state index in [0.29, 0.717) is 37.6 Å². The second kappa shape index (κ2) is 9.51. The van der Waals surface area contributed by atoms with Crippen LogP contribution in [0.4, 0.5) is 10.1 Å². The van der Waals surface area contributed by atoms with Crippen molar-refractivity contribution in [2.45, 2.75) is 20.8 Å². The minimum absolute atomic E-state index is 0.00636. The Morgan fingerprint density at radius 1 is 1.21 bits per heavy atom. The molecule has 1 aromatic rings. The van der Waals surface area contributed by atoms with Gasteiger partial charge in [0.05, 0.1) is 6.54 Å². The number of hydrogen-bond acceptors (Lipinski definition) is 5. The summed E-state index contributed by atoms with van der Waals surface area (Å²) in [4.78, 5) is 7.92. The Labute approximate surface area is 171 Å². The molecule has 0 spiro atoms. The van der Waals surface area contributed by atoms with E-state index in [1.807, 2.05) is 20.8 Å². The maximum Gasteiger partial charge on any atom is 0.219 e. The summed E-state index contributed by atoms with van der Waals surface area (Å²) < 4.78 is 13.0. The molecule has 0 radical (unpaired) electrons. The molecule has 0 aromatic heterocycles. The fourth-order valence-electron chi connectivity index (χ4n) is 2.71. The van der Waals surface area contributed by atoms with Crippen LogP contribution in [0.3, 0.4) is 0 Å². The van der Waals surface area contributed by atoms with E-state index < -0.39 is 0 Å². The van der Waals surface area contributed by atoms with Gasteiger partial charge in [-0.2, -0.15) is 0 Å². The number of hydroxylamine groups is 2. The Hall–Kier alpha value is -2.94. The SMILES string of the molecule is CC(C)(C)C(=N)/C=C(\N)CN(O)C=NC(=N)N1CCN(c2ccc(F)cc2)CC1. The van der Waals surface area contributed by atoms with Crippen LogP contribution in [0.2, 0.25) is 0 Å². The molecular formula is C20H30FN7O. The summed E-state index contributed by atoms with van der Waals surface area (Å²) in [6.45, 7) is 8.31. The van der Waals surface area contributed by atoms with Crippen molar-refractivity contribution in [2.75, 3.05) is 37.6 Å². The van der Waals surface area contributed by atoms with Crippen molar-refractivity contribution in [2.24, 2.45) is 16.1 Å². The van der Waals surface area contributed by atoms with Crippen molar-refractivity contribution in [3.8, 4) is 0 Å². The zero-order chi connectivity index (χ0) is 21.6. The summed E-state index contributed by atoms with van der Waals surface area (Å²) in [5, 5.41) is 26.8. The number of rotatable bonds is 5. The largest absolute Gasteiger partial charge is 0.400 e. The van der Waals surface area contributed by atoms with E-state index in [1.54, 1.807) is 17.0 Å². The van der Waals surface area contributed by atoms with Crippen molar-refractivity contribution < 1.29 is 9.60 Å². The Bertz CT molecular complexity index is 775. The molecule has 29 heavy (non-hydrogen) atoms. The fourth-order valence-corrected chi connectivity index (χ4v) is 2.71. The second-order valence-electron chi connectivity index (χ2n) is 8.00. The third-order valence-corrected chi connectivity index (χ3v) is 4.57. The van der Waals surface area contributed by atoms with E-state index in [-0.39, 0.29) is 23.7 Å². The molecule has 0 bridgehead atoms. The minimum Gasteiger partial charge on any atom is -0.400 e. The number of anilines is 1. The Morgan fingerprint density at radius 3 is 2.34 bits per heavy atom. The topological polar surface area (TPSA) is 116 Å². The zero-order valence-electron chi connectivity index (χ0n) is 17.2. The number of piperazine rings is 1. The van der Waals surface area contributed by atoms with Crippen LogP contribution in [0.1, 0.15) is 20.8 Å². The monoisotopic (exact) mass is 403 g/mol. The van der Waals surface area contributed by atoms with Gasteiger partial charge in [-0.1, -0.05) is 20.8 Å². The van der Waals surface area contributed by atoms with Gasteiger partial charge in [-0.3, -0.25) is 10.6 Å². The lowest BCUT2D eigenvalue weighted by Gasteiger charge is -2.36. The number of halogens is 1. The molecule has 2 rings (SSSR count). The molecule has 0 amide bonds. The number of allylic oxidation sites excluding steroid dienone is 1. The van der Waals surface area contributed by atoms with Crippen LogP contribution in [0.15, 0.2) is 41.0 Å². The highest BCUT2D eigenvalue weighted by Crippen LogP contribution is 2.17. The summed E-state index contributed by atoms with van der Waals surface area (Å²) in [5.74, 6) is -0.212. The number of nitrogens with one attached hydrogen (secondary N) is 2. The number of hydrogen-bond donors (Lipinski definition) is 4. The first kappa shape index (κ1) is 22.4. The summed E-state index contributed by atoms with van der Waals surface area (Å²) >= 11 is 0. The molecule has 1 fully saturated rings. The van der Waals surface area contributed by atoms with Gasteiger partial charge in [-0.05, 0) is 30.3 Å². The fraction of sp³-hybridized carbons (Fsp3) is 0.450. The molecule has 1 heterocycles. The number of nitrogens with two attached hydrogens (primary N) is 1. The lowest BCUT2D eigenvalue weighted by atomic mass is 9.89. The van der Waals surface area contributed by atoms with Crippen LogP contribution in [0, 0.1) is 22.1 Å². The normalized spacial score (nSPS) is 15.7. The molecule has 8 nitrogen and oxygen atoms in total. The van der Waals surface area contributed by atoms with Crippen molar-refractivity contribution in [1.82, 2.24) is 9.96 Å². The molecule has 0 atom stereocenters. The molecule has 0 unspecified atom stereocenters. The van der Waals surface area contributed by atoms with E-state index in [0.717, 1.165) is 17.1 Å². The van der Waals surface area contributed by atoms with Crippen LogP contribution < -0.4 is 10.6 Å². The van der Waals surface area contributed by atoms with Gasteiger partial charge in [0, 0.05) is 48.7 Å². The van der Waals surface area contributed by atoms with Gasteiger partial charge >= 0.3 is 0 Å². The lowest BCUT2D eigenvalue weighted by molar-refractivity contribution is 0.000896. The van der Waals surface area contributed by atoms with Crippen LogP contribution in [0.5, 0.6) is 0 Å². The van der Waals surface area contributed by atoms with Crippen molar-refractivity contribution in [3.05, 3.63) is 41.9 Å². The summed E-state index contributed by atoms with van der Waals surface area (Å²) in [5.41, 5.74) is 7.19. The molecule has 1 aliphatic rings. The summed E-state index contributed by atoms with van der Waals surface area (Å²) in [7, 11) is 0. The molecule has 0 saturated carbocycles. The van der Waals surface area contributed by atoms with E-state index in [9.17, 15) is 9.60 Å². The average Bonchev–Trinajstić information content (AvgIpc) is 2.66. The Morgan fingerprint density at radius 2 is 1.79 bits per heavy atom. The Balaban J connectivity index is 1.82. The number of benzene rings is 1. The smallest absolute Gasteiger partial charge is 0.219 e. The van der Waals surface area contributed by atoms with E-state index in [1.165, 1.54) is 18.2 Å². The van der Waals surface area contributed by atoms with Gasteiger partial charge < -0.3 is 20.9 Å². The van der Waals surface area contributed by atoms with Gasteiger partial charge in [-0.25, -0.2) is 14.4 Å². The van der Waals surface area contributed by atoms with Crippen molar-refractivity contribution in [3.63, 3.8) is 0 Å². The van der Waals surface area contributed by atoms with E-state index in [4.69, 9.17) is 16.6 Å². The zero-order valence-corrected chi connectivity index (χ0v) is 17.2. The molecule has 1 saturated heterocycles. The maximum absolute atomic E-state index is 13.0. The highest BCUT2D eigenvalue weighted by atomic mass is 19.1. The second-order valence-corrected chi connectivity index (χ2v) is 8.00. The van der Waals surface area contributed by atoms with Crippen LogP contribution in [-0.4, -0.2) is 65.9 Å². The molecule has 9 heteroatoms. The molecule has 5 N–H and O–H groups in total. The summed E-state index contributed by atoms with van der Waals surface area (Å²) in [6.07, 6.45) is 2.67. The quantitative estimate of drug-likeness (QED) is 0.342. The third kappa shape index (κ3) is 6.86. The van der Waals surface area contributed by atoms with Crippen LogP contribution >= 0.6 is 0 Å². The van der Waals surface area contributed by atoms with Crippen molar-refractivity contribution in [1.29, 1.82) is 10.8 Å². The summed E-state index contributed by atoms with van der Waals surface area (Å²) in [6, 6.07) is 6.37. The predicted molar refractivity (Wildman–Crippen MR) is 114 cm³/mol. The van der Waals surface area contributed by atoms with Gasteiger partial charge in [-0.15, -0.1) is 0 Å². The number of aliphatic imine (C=N–C) groups is 1. The number of guanidine groups is 1. The van der Waals surface area contributed by atoms with Gasteiger partial charge in [0.25, 0.3) is 0 Å². The molecule has 1 aromatic carbocycles. The predicted octanol–water partition coefficient (Wildman–Crippen LogP) is 2.51. The van der Waals surface area contributed by atoms with E-state index in [2.05, 4.69) is 9.89 Å².